The second kappa shape index (κ2) is 13.2. The van der Waals surface area contributed by atoms with Gasteiger partial charge in [-0.3, -0.25) is 9.69 Å². The third kappa shape index (κ3) is 7.94. The lowest BCUT2D eigenvalue weighted by Crippen LogP contribution is -2.32. The van der Waals surface area contributed by atoms with Crippen LogP contribution in [0.3, 0.4) is 0 Å². The van der Waals surface area contributed by atoms with Crippen LogP contribution in [0.5, 0.6) is 5.75 Å². The number of alkyl halides is 3. The van der Waals surface area contributed by atoms with Crippen LogP contribution in [-0.2, 0) is 4.79 Å². The fourth-order valence-corrected chi connectivity index (χ4v) is 5.57. The Morgan fingerprint density at radius 1 is 1.11 bits per heavy atom. The zero-order valence-corrected chi connectivity index (χ0v) is 25.8. The molecule has 3 aromatic carbocycles. The van der Waals surface area contributed by atoms with Gasteiger partial charge in [0, 0.05) is 5.56 Å². The van der Waals surface area contributed by atoms with Gasteiger partial charge in [-0.2, -0.15) is 9.38 Å². The molecule has 232 valence electrons. The zero-order valence-electron chi connectivity index (χ0n) is 24.2. The predicted molar refractivity (Wildman–Crippen MR) is 171 cm³/mol. The summed E-state index contributed by atoms with van der Waals surface area (Å²) in [6.07, 6.45) is -2.11. The number of halogens is 4. The lowest BCUT2D eigenvalue weighted by Gasteiger charge is -2.22. The molecule has 1 aliphatic heterocycles. The predicted octanol–water partition coefficient (Wildman–Crippen LogP) is 7.54. The van der Waals surface area contributed by atoms with Crippen molar-refractivity contribution in [3.8, 4) is 22.8 Å². The van der Waals surface area contributed by atoms with Crippen molar-refractivity contribution in [2.45, 2.75) is 33.1 Å². The Morgan fingerprint density at radius 3 is 2.49 bits per heavy atom. The van der Waals surface area contributed by atoms with Crippen LogP contribution < -0.4 is 15.0 Å². The van der Waals surface area contributed by atoms with Gasteiger partial charge in [-0.15, -0.1) is 18.3 Å². The topological polar surface area (TPSA) is 84.6 Å². The normalized spacial score (nSPS) is 14.8. The van der Waals surface area contributed by atoms with Gasteiger partial charge in [0.1, 0.15) is 12.1 Å². The number of ether oxygens (including phenoxy) is 1. The quantitative estimate of drug-likeness (QED) is 0.125. The summed E-state index contributed by atoms with van der Waals surface area (Å²) < 4.78 is 57.4. The maximum Gasteiger partial charge on any atom is 0.573 e. The van der Waals surface area contributed by atoms with Gasteiger partial charge in [-0.05, 0) is 78.2 Å². The molecule has 0 aliphatic carbocycles. The molecule has 14 heteroatoms. The number of carbonyl (C=O) groups is 1. The standard InChI is InChI=1S/C31H26F4N6O2S2/c1-18(2)24-13-4-19(3)14-25(24)41-27(42)16-45-30(41)38-29(44)37-26(32)15-20-5-7-21(8-6-20)28-36-17-40(39-28)22-9-11-23(12-10-22)43-31(33,34)35/h4-15,17-18H,16H2,1-3H3,(H,37,44)/b26-15+,38-30?. The highest BCUT2D eigenvalue weighted by molar-refractivity contribution is 8.15. The Bertz CT molecular complexity index is 1790. The number of carbonyl (C=O) groups excluding carboxylic acids is 1. The van der Waals surface area contributed by atoms with Gasteiger partial charge in [-0.25, -0.2) is 9.67 Å². The van der Waals surface area contributed by atoms with Crippen LogP contribution in [0, 0.1) is 6.92 Å². The molecule has 1 N–H and O–H groups in total. The van der Waals surface area contributed by atoms with Crippen LogP contribution in [0.1, 0.15) is 36.5 Å². The number of hydrogen-bond acceptors (Lipinski definition) is 6. The second-order valence-electron chi connectivity index (χ2n) is 10.2. The maximum atomic E-state index is 14.9. The summed E-state index contributed by atoms with van der Waals surface area (Å²) in [5.74, 6) is -0.476. The van der Waals surface area contributed by atoms with E-state index in [4.69, 9.17) is 12.2 Å². The molecule has 1 aromatic heterocycles. The minimum Gasteiger partial charge on any atom is -0.406 e. The first kappa shape index (κ1) is 31.9. The number of thioether (sulfide) groups is 1. The first-order valence-electron chi connectivity index (χ1n) is 13.6. The summed E-state index contributed by atoms with van der Waals surface area (Å²) in [6, 6.07) is 17.8. The van der Waals surface area contributed by atoms with E-state index in [1.165, 1.54) is 58.0 Å². The van der Waals surface area contributed by atoms with E-state index in [9.17, 15) is 22.4 Å². The number of aromatic nitrogens is 3. The third-order valence-electron chi connectivity index (χ3n) is 6.53. The van der Waals surface area contributed by atoms with Crippen LogP contribution in [0.15, 0.2) is 84.0 Å². The van der Waals surface area contributed by atoms with E-state index in [0.29, 0.717) is 27.8 Å². The highest BCUT2D eigenvalue weighted by atomic mass is 32.2. The van der Waals surface area contributed by atoms with Crippen LogP contribution in [0.4, 0.5) is 23.2 Å². The largest absolute Gasteiger partial charge is 0.573 e. The Labute approximate surface area is 265 Å². The molecule has 1 saturated heterocycles. The van der Waals surface area contributed by atoms with E-state index in [-0.39, 0.29) is 28.4 Å². The lowest BCUT2D eigenvalue weighted by atomic mass is 9.99. The highest BCUT2D eigenvalue weighted by Crippen LogP contribution is 2.34. The van der Waals surface area contributed by atoms with Crippen molar-refractivity contribution in [2.75, 3.05) is 10.7 Å². The van der Waals surface area contributed by atoms with E-state index in [1.54, 1.807) is 24.3 Å². The number of hydrogen-bond donors (Lipinski definition) is 1. The van der Waals surface area contributed by atoms with Crippen molar-refractivity contribution >= 4 is 51.9 Å². The van der Waals surface area contributed by atoms with Crippen molar-refractivity contribution in [3.63, 3.8) is 0 Å². The smallest absolute Gasteiger partial charge is 0.406 e. The zero-order chi connectivity index (χ0) is 32.3. The van der Waals surface area contributed by atoms with Gasteiger partial charge in [0.05, 0.1) is 17.1 Å². The molecule has 4 aromatic rings. The number of thiocarbonyl (C=S) groups is 1. The number of amides is 1. The molecule has 0 bridgehead atoms. The van der Waals surface area contributed by atoms with E-state index in [1.807, 2.05) is 39.0 Å². The average molecular weight is 655 g/mol. The van der Waals surface area contributed by atoms with Crippen molar-refractivity contribution in [3.05, 3.63) is 95.7 Å². The van der Waals surface area contributed by atoms with E-state index < -0.39 is 12.3 Å². The minimum atomic E-state index is -4.78. The van der Waals surface area contributed by atoms with Gasteiger partial charge in [-0.1, -0.05) is 62.0 Å². The van der Waals surface area contributed by atoms with Crippen LogP contribution in [0.2, 0.25) is 0 Å². The van der Waals surface area contributed by atoms with Gasteiger partial charge in [0.15, 0.2) is 16.9 Å². The highest BCUT2D eigenvalue weighted by Gasteiger charge is 2.32. The van der Waals surface area contributed by atoms with Gasteiger partial charge in [0.25, 0.3) is 0 Å². The summed E-state index contributed by atoms with van der Waals surface area (Å²) in [5.41, 5.74) is 4.37. The number of nitrogens with one attached hydrogen (secondary N) is 1. The molecule has 45 heavy (non-hydrogen) atoms. The number of aliphatic imine (C=N–C) groups is 1. The molecule has 0 saturated carbocycles. The summed E-state index contributed by atoms with van der Waals surface area (Å²) in [6.45, 7) is 6.04. The fourth-order valence-electron chi connectivity index (χ4n) is 4.47. The van der Waals surface area contributed by atoms with E-state index in [2.05, 4.69) is 25.1 Å². The maximum absolute atomic E-state index is 14.9. The first-order chi connectivity index (χ1) is 21.4. The van der Waals surface area contributed by atoms with Gasteiger partial charge >= 0.3 is 6.36 Å². The molecule has 8 nitrogen and oxygen atoms in total. The average Bonchev–Trinajstić information content (AvgIpc) is 3.60. The molecule has 0 radical (unpaired) electrons. The minimum absolute atomic E-state index is 0.127. The Hall–Kier alpha value is -4.56. The molecule has 1 fully saturated rings. The lowest BCUT2D eigenvalue weighted by molar-refractivity contribution is -0.274. The second-order valence-corrected chi connectivity index (χ2v) is 11.6. The molecule has 0 spiro atoms. The molecular weight excluding hydrogens is 629 g/mol. The van der Waals surface area contributed by atoms with Crippen molar-refractivity contribution in [2.24, 2.45) is 4.99 Å². The Balaban J connectivity index is 1.25. The first-order valence-corrected chi connectivity index (χ1v) is 15.0. The number of nitrogens with zero attached hydrogens (tertiary/aromatic N) is 5. The van der Waals surface area contributed by atoms with Crippen LogP contribution >= 0.6 is 24.0 Å². The van der Waals surface area contributed by atoms with E-state index in [0.717, 1.165) is 16.8 Å². The van der Waals surface area contributed by atoms with Crippen molar-refractivity contribution in [1.29, 1.82) is 0 Å². The van der Waals surface area contributed by atoms with Crippen LogP contribution in [0.25, 0.3) is 23.2 Å². The molecule has 1 aliphatic rings. The fraction of sp³-hybridized carbons (Fsp3) is 0.194. The van der Waals surface area contributed by atoms with Gasteiger partial charge < -0.3 is 10.1 Å². The Morgan fingerprint density at radius 2 is 1.82 bits per heavy atom. The molecule has 1 amide bonds. The monoisotopic (exact) mass is 654 g/mol. The molecule has 0 unspecified atom stereocenters. The SMILES string of the molecule is Cc1ccc(C(C)C)c(N2C(=O)CSC2=NC(=S)N/C(F)=C/c2ccc(-c3ncn(-c4ccc(OC(F)(F)F)cc4)n3)cc2)c1. The van der Waals surface area contributed by atoms with Gasteiger partial charge in [0.2, 0.25) is 11.0 Å². The summed E-state index contributed by atoms with van der Waals surface area (Å²) in [5, 5.41) is 7.07. The molecule has 0 atom stereocenters. The summed E-state index contributed by atoms with van der Waals surface area (Å²) >= 11 is 6.52. The van der Waals surface area contributed by atoms with E-state index >= 15 is 0 Å². The number of benzene rings is 3. The Kier molecular flexibility index (Phi) is 9.34. The number of amidine groups is 1. The van der Waals surface area contributed by atoms with Crippen molar-refractivity contribution < 1.29 is 27.1 Å². The third-order valence-corrected chi connectivity index (χ3v) is 7.64. The summed E-state index contributed by atoms with van der Waals surface area (Å²) in [4.78, 5) is 22.9. The van der Waals surface area contributed by atoms with Crippen LogP contribution in [-0.4, -0.2) is 43.1 Å². The number of anilines is 1. The molecule has 5 rings (SSSR count). The molecule has 2 heterocycles. The molecular formula is C31H26F4N6O2S2. The number of rotatable bonds is 7. The summed E-state index contributed by atoms with van der Waals surface area (Å²) in [7, 11) is 0. The van der Waals surface area contributed by atoms with Crippen molar-refractivity contribution in [1.82, 2.24) is 20.1 Å². The number of aryl methyl sites for hydroxylation is 1.